The fraction of sp³-hybridized carbons (Fsp3) is 0.467. The molecule has 0 aromatic heterocycles. The molecule has 0 bridgehead atoms. The number of hydrogen-bond acceptors (Lipinski definition) is 3. The monoisotopic (exact) mass is 291 g/mol. The average Bonchev–Trinajstić information content (AvgIpc) is 2.87. The summed E-state index contributed by atoms with van der Waals surface area (Å²) < 4.78 is 0. The highest BCUT2D eigenvalue weighted by Gasteiger charge is 2.33. The molecule has 3 N–H and O–H groups in total. The van der Waals surface area contributed by atoms with Crippen LogP contribution in [-0.2, 0) is 4.79 Å². The third kappa shape index (κ3) is 3.87. The van der Waals surface area contributed by atoms with Crippen molar-refractivity contribution in [3.63, 3.8) is 0 Å². The maximum absolute atomic E-state index is 12.0. The first kappa shape index (κ1) is 15.2. The standard InChI is InChI=1S/C15H21N3O3/c1-18(2)11-6-3-5-10(9-11)16-15(21)17-13-8-4-7-12(13)14(19)20/h3,5-6,9,12-13H,4,7-8H2,1-2H3,(H,19,20)(H2,16,17,21). The summed E-state index contributed by atoms with van der Waals surface area (Å²) in [5.74, 6) is -1.32. The molecular formula is C15H21N3O3. The van der Waals surface area contributed by atoms with Gasteiger partial charge in [-0.25, -0.2) is 4.79 Å². The van der Waals surface area contributed by atoms with Crippen molar-refractivity contribution in [1.29, 1.82) is 0 Å². The van der Waals surface area contributed by atoms with E-state index >= 15 is 0 Å². The fourth-order valence-electron chi connectivity index (χ4n) is 2.63. The maximum Gasteiger partial charge on any atom is 0.319 e. The number of urea groups is 1. The molecule has 114 valence electrons. The van der Waals surface area contributed by atoms with Crippen molar-refractivity contribution in [2.24, 2.45) is 5.92 Å². The largest absolute Gasteiger partial charge is 0.481 e. The first-order chi connectivity index (χ1) is 9.97. The minimum absolute atomic E-state index is 0.292. The first-order valence-corrected chi connectivity index (χ1v) is 7.05. The summed E-state index contributed by atoms with van der Waals surface area (Å²) in [6, 6.07) is 6.82. The highest BCUT2D eigenvalue weighted by Crippen LogP contribution is 2.26. The number of hydrogen-bond donors (Lipinski definition) is 3. The maximum atomic E-state index is 12.0. The van der Waals surface area contributed by atoms with Crippen LogP contribution in [0.2, 0.25) is 0 Å². The summed E-state index contributed by atoms with van der Waals surface area (Å²) in [7, 11) is 3.85. The van der Waals surface area contributed by atoms with Crippen LogP contribution >= 0.6 is 0 Å². The molecule has 1 saturated carbocycles. The lowest BCUT2D eigenvalue weighted by atomic mass is 10.0. The number of carbonyl (C=O) groups is 2. The molecule has 6 nitrogen and oxygen atoms in total. The zero-order valence-electron chi connectivity index (χ0n) is 12.3. The lowest BCUT2D eigenvalue weighted by molar-refractivity contribution is -0.142. The van der Waals surface area contributed by atoms with E-state index in [4.69, 9.17) is 5.11 Å². The zero-order valence-corrected chi connectivity index (χ0v) is 12.3. The molecular weight excluding hydrogens is 270 g/mol. The number of amides is 2. The van der Waals surface area contributed by atoms with E-state index in [1.807, 2.05) is 37.2 Å². The predicted octanol–water partition coefficient (Wildman–Crippen LogP) is 2.13. The molecule has 1 aromatic rings. The molecule has 1 aliphatic carbocycles. The van der Waals surface area contributed by atoms with Crippen LogP contribution in [0.15, 0.2) is 24.3 Å². The number of benzene rings is 1. The third-order valence-corrected chi connectivity index (χ3v) is 3.77. The van der Waals surface area contributed by atoms with Gasteiger partial charge in [0.15, 0.2) is 0 Å². The molecule has 1 aromatic carbocycles. The second-order valence-electron chi connectivity index (χ2n) is 5.53. The highest BCUT2D eigenvalue weighted by molar-refractivity contribution is 5.90. The molecule has 2 rings (SSSR count). The Bertz CT molecular complexity index is 531. The van der Waals surface area contributed by atoms with Crippen molar-refractivity contribution in [2.75, 3.05) is 24.3 Å². The van der Waals surface area contributed by atoms with Gasteiger partial charge in [0, 0.05) is 31.5 Å². The second-order valence-corrected chi connectivity index (χ2v) is 5.53. The Balaban J connectivity index is 1.95. The molecule has 1 aliphatic rings. The van der Waals surface area contributed by atoms with Crippen molar-refractivity contribution >= 4 is 23.4 Å². The Hall–Kier alpha value is -2.24. The zero-order chi connectivity index (χ0) is 15.4. The predicted molar refractivity (Wildman–Crippen MR) is 81.7 cm³/mol. The van der Waals surface area contributed by atoms with Gasteiger partial charge >= 0.3 is 12.0 Å². The first-order valence-electron chi connectivity index (χ1n) is 7.05. The number of aliphatic carboxylic acids is 1. The van der Waals surface area contributed by atoms with Crippen LogP contribution in [0.25, 0.3) is 0 Å². The Morgan fingerprint density at radius 3 is 2.71 bits per heavy atom. The van der Waals surface area contributed by atoms with E-state index in [0.717, 1.165) is 12.1 Å². The van der Waals surface area contributed by atoms with E-state index in [-0.39, 0.29) is 12.1 Å². The average molecular weight is 291 g/mol. The van der Waals surface area contributed by atoms with Gasteiger partial charge in [-0.2, -0.15) is 0 Å². The highest BCUT2D eigenvalue weighted by atomic mass is 16.4. The normalized spacial score (nSPS) is 20.9. The molecule has 0 saturated heterocycles. The van der Waals surface area contributed by atoms with Gasteiger partial charge in [0.2, 0.25) is 0 Å². The SMILES string of the molecule is CN(C)c1cccc(NC(=O)NC2CCCC2C(=O)O)c1. The van der Waals surface area contributed by atoms with Crippen molar-refractivity contribution < 1.29 is 14.7 Å². The molecule has 0 heterocycles. The second kappa shape index (κ2) is 6.47. The molecule has 2 unspecified atom stereocenters. The van der Waals surface area contributed by atoms with Gasteiger partial charge in [-0.3, -0.25) is 4.79 Å². The van der Waals surface area contributed by atoms with Crippen LogP contribution < -0.4 is 15.5 Å². The van der Waals surface area contributed by atoms with Crippen molar-refractivity contribution in [1.82, 2.24) is 5.32 Å². The van der Waals surface area contributed by atoms with Gasteiger partial charge in [-0.05, 0) is 31.0 Å². The Labute approximate surface area is 124 Å². The van der Waals surface area contributed by atoms with Gasteiger partial charge in [0.25, 0.3) is 0 Å². The smallest absolute Gasteiger partial charge is 0.319 e. The number of carboxylic acids is 1. The van der Waals surface area contributed by atoms with E-state index in [9.17, 15) is 9.59 Å². The van der Waals surface area contributed by atoms with Crippen LogP contribution in [0, 0.1) is 5.92 Å². The van der Waals surface area contributed by atoms with E-state index in [1.165, 1.54) is 0 Å². The van der Waals surface area contributed by atoms with Crippen LogP contribution in [0.3, 0.4) is 0 Å². The minimum Gasteiger partial charge on any atom is -0.481 e. The third-order valence-electron chi connectivity index (χ3n) is 3.77. The number of nitrogens with zero attached hydrogens (tertiary/aromatic N) is 1. The molecule has 6 heteroatoms. The molecule has 1 fully saturated rings. The number of carboxylic acid groups (broad SMARTS) is 1. The summed E-state index contributed by atoms with van der Waals surface area (Å²) in [6.07, 6.45) is 2.16. The van der Waals surface area contributed by atoms with Crippen molar-refractivity contribution in [2.45, 2.75) is 25.3 Å². The van der Waals surface area contributed by atoms with Gasteiger partial charge in [0.05, 0.1) is 5.92 Å². The van der Waals surface area contributed by atoms with Crippen LogP contribution in [0.1, 0.15) is 19.3 Å². The summed E-state index contributed by atoms with van der Waals surface area (Å²) >= 11 is 0. The van der Waals surface area contributed by atoms with Gasteiger partial charge < -0.3 is 20.6 Å². The Kier molecular flexibility index (Phi) is 4.67. The molecule has 0 radical (unpaired) electrons. The van der Waals surface area contributed by atoms with Gasteiger partial charge in [-0.15, -0.1) is 0 Å². The van der Waals surface area contributed by atoms with Crippen molar-refractivity contribution in [3.05, 3.63) is 24.3 Å². The van der Waals surface area contributed by atoms with Crippen LogP contribution in [0.4, 0.5) is 16.2 Å². The molecule has 21 heavy (non-hydrogen) atoms. The Morgan fingerprint density at radius 1 is 1.29 bits per heavy atom. The quantitative estimate of drug-likeness (QED) is 0.793. The lowest BCUT2D eigenvalue weighted by Crippen LogP contribution is -2.42. The van der Waals surface area contributed by atoms with E-state index in [0.29, 0.717) is 18.5 Å². The van der Waals surface area contributed by atoms with Gasteiger partial charge in [-0.1, -0.05) is 12.5 Å². The molecule has 2 amide bonds. The van der Waals surface area contributed by atoms with E-state index in [1.54, 1.807) is 6.07 Å². The van der Waals surface area contributed by atoms with E-state index < -0.39 is 11.9 Å². The summed E-state index contributed by atoms with van der Waals surface area (Å²) in [6.45, 7) is 0. The summed E-state index contributed by atoms with van der Waals surface area (Å²) in [5.41, 5.74) is 1.67. The molecule has 2 atom stereocenters. The Morgan fingerprint density at radius 2 is 2.05 bits per heavy atom. The summed E-state index contributed by atoms with van der Waals surface area (Å²) in [5, 5.41) is 14.6. The lowest BCUT2D eigenvalue weighted by Gasteiger charge is -2.18. The van der Waals surface area contributed by atoms with E-state index in [2.05, 4.69) is 10.6 Å². The number of rotatable bonds is 4. The van der Waals surface area contributed by atoms with Gasteiger partial charge in [0.1, 0.15) is 0 Å². The minimum atomic E-state index is -0.840. The summed E-state index contributed by atoms with van der Waals surface area (Å²) in [4.78, 5) is 25.0. The number of carbonyl (C=O) groups excluding carboxylic acids is 1. The van der Waals surface area contributed by atoms with Crippen LogP contribution in [0.5, 0.6) is 0 Å². The molecule has 0 spiro atoms. The fourth-order valence-corrected chi connectivity index (χ4v) is 2.63. The topological polar surface area (TPSA) is 81.7 Å². The van der Waals surface area contributed by atoms with Crippen LogP contribution in [-0.4, -0.2) is 37.2 Å². The number of nitrogens with one attached hydrogen (secondary N) is 2. The van der Waals surface area contributed by atoms with Crippen molar-refractivity contribution in [3.8, 4) is 0 Å². The number of anilines is 2. The molecule has 0 aliphatic heterocycles.